The number of guanidine groups is 1. The van der Waals surface area contributed by atoms with Gasteiger partial charge in [-0.05, 0) is 0 Å². The highest BCUT2D eigenvalue weighted by Crippen LogP contribution is 2.38. The summed E-state index contributed by atoms with van der Waals surface area (Å²) in [6.07, 6.45) is -4.88. The van der Waals surface area contributed by atoms with Gasteiger partial charge in [-0.3, -0.25) is 9.09 Å². The van der Waals surface area contributed by atoms with Crippen LogP contribution in [-0.2, 0) is 20.9 Å². The van der Waals surface area contributed by atoms with E-state index in [1.54, 1.807) is 7.05 Å². The van der Waals surface area contributed by atoms with Crippen LogP contribution in [0.5, 0.6) is 0 Å². The Labute approximate surface area is 141 Å². The minimum atomic E-state index is -4.75. The molecule has 0 radical (unpaired) electrons. The van der Waals surface area contributed by atoms with Crippen LogP contribution in [0.1, 0.15) is 18.1 Å². The standard InChI is InChI=1S/C11H18N5O8P/c1-15-3-16(8-5(15)9(19)14-11(12)13-8)10-7(18)6(17)4(24-10)2-23-25(20,21)22/h3-4,6-7,9-10,17-19H,2H2,1H3,(H4-,12,13,14,20,21,22)/p+1/t4-,6-,7-,9?,10-/m1/s1. The van der Waals surface area contributed by atoms with E-state index in [1.807, 2.05) is 0 Å². The summed E-state index contributed by atoms with van der Waals surface area (Å²) in [5.74, 6) is 0.254. The molecule has 0 aliphatic carbocycles. The molecule has 1 fully saturated rings. The number of rotatable bonds is 4. The number of aromatic nitrogens is 2. The molecule has 0 aromatic carbocycles. The van der Waals surface area contributed by atoms with Crippen molar-refractivity contribution in [1.82, 2.24) is 4.57 Å². The highest BCUT2D eigenvalue weighted by molar-refractivity contribution is 7.46. The minimum absolute atomic E-state index is 0.0469. The first kappa shape index (κ1) is 18.2. The summed E-state index contributed by atoms with van der Waals surface area (Å²) >= 11 is 0. The Bertz CT molecular complexity index is 747. The molecular formula is C11H19N5O8P+. The zero-order chi connectivity index (χ0) is 18.5. The Kier molecular flexibility index (Phi) is 4.59. The Morgan fingerprint density at radius 2 is 2.12 bits per heavy atom. The van der Waals surface area contributed by atoms with E-state index in [9.17, 15) is 19.9 Å². The molecule has 1 aromatic heterocycles. The fraction of sp³-hybridized carbons (Fsp3) is 0.636. The molecule has 0 spiro atoms. The van der Waals surface area contributed by atoms with E-state index < -0.39 is 45.2 Å². The molecule has 2 aliphatic rings. The number of nitrogens with two attached hydrogens (primary N) is 1. The summed E-state index contributed by atoms with van der Waals surface area (Å²) in [6, 6.07) is 0. The summed E-state index contributed by atoms with van der Waals surface area (Å²) in [5, 5.41) is 33.1. The zero-order valence-electron chi connectivity index (χ0n) is 13.0. The minimum Gasteiger partial charge on any atom is -0.387 e. The highest BCUT2D eigenvalue weighted by atomic mass is 31.2. The maximum atomic E-state index is 10.8. The molecule has 14 heteroatoms. The molecule has 2 aliphatic heterocycles. The van der Waals surface area contributed by atoms with Crippen molar-refractivity contribution in [3.8, 4) is 0 Å². The molecule has 1 unspecified atom stereocenters. The molecule has 0 saturated carbocycles. The maximum absolute atomic E-state index is 10.8. The van der Waals surface area contributed by atoms with Crippen molar-refractivity contribution < 1.29 is 43.5 Å². The molecule has 5 atom stereocenters. The van der Waals surface area contributed by atoms with Crippen molar-refractivity contribution in [3.63, 3.8) is 0 Å². The van der Waals surface area contributed by atoms with Crippen molar-refractivity contribution in [2.75, 3.05) is 11.9 Å². The third kappa shape index (κ3) is 3.41. The van der Waals surface area contributed by atoms with Gasteiger partial charge in [0.2, 0.25) is 18.1 Å². The number of ether oxygens (including phenoxy) is 1. The van der Waals surface area contributed by atoms with Crippen LogP contribution in [-0.4, -0.2) is 60.6 Å². The van der Waals surface area contributed by atoms with E-state index >= 15 is 0 Å². The number of imidazole rings is 1. The van der Waals surface area contributed by atoms with Gasteiger partial charge in [-0.1, -0.05) is 0 Å². The smallest absolute Gasteiger partial charge is 0.387 e. The van der Waals surface area contributed by atoms with Crippen molar-refractivity contribution in [2.45, 2.75) is 30.8 Å². The maximum Gasteiger partial charge on any atom is 0.469 e. The van der Waals surface area contributed by atoms with Gasteiger partial charge >= 0.3 is 7.82 Å². The molecule has 140 valence electrons. The SMILES string of the molecule is Cn1c[n+]([C@@H]2O[C@H](COP(=O)(O)O)[C@@H](O)[C@H]2O)c2c1C(O)N=C(N)N2. The molecule has 0 bridgehead atoms. The number of hydrogen-bond donors (Lipinski definition) is 7. The lowest BCUT2D eigenvalue weighted by Gasteiger charge is -2.17. The number of aliphatic hydroxyl groups excluding tert-OH is 3. The zero-order valence-corrected chi connectivity index (χ0v) is 13.9. The number of aliphatic imine (C=N–C) groups is 1. The molecule has 13 nitrogen and oxygen atoms in total. The largest absolute Gasteiger partial charge is 0.469 e. The van der Waals surface area contributed by atoms with Gasteiger partial charge in [0.1, 0.15) is 18.3 Å². The van der Waals surface area contributed by atoms with Crippen LogP contribution in [0, 0.1) is 0 Å². The lowest BCUT2D eigenvalue weighted by Crippen LogP contribution is -2.48. The van der Waals surface area contributed by atoms with E-state index in [2.05, 4.69) is 14.8 Å². The number of fused-ring (bicyclic) bond motifs is 1. The van der Waals surface area contributed by atoms with E-state index in [-0.39, 0.29) is 5.96 Å². The number of nitrogens with one attached hydrogen (secondary N) is 1. The number of aliphatic hydroxyl groups is 3. The second-order valence-corrected chi connectivity index (χ2v) is 6.95. The summed E-state index contributed by atoms with van der Waals surface area (Å²) in [5.41, 5.74) is 5.95. The van der Waals surface area contributed by atoms with E-state index in [0.29, 0.717) is 11.5 Å². The van der Waals surface area contributed by atoms with Crippen LogP contribution in [0.15, 0.2) is 11.3 Å². The number of phosphoric ester groups is 1. The van der Waals surface area contributed by atoms with Crippen LogP contribution < -0.4 is 15.6 Å². The summed E-state index contributed by atoms with van der Waals surface area (Å²) in [4.78, 5) is 21.3. The summed E-state index contributed by atoms with van der Waals surface area (Å²) < 4.78 is 23.5. The molecule has 0 amide bonds. The van der Waals surface area contributed by atoms with Crippen molar-refractivity contribution in [3.05, 3.63) is 12.0 Å². The molecule has 8 N–H and O–H groups in total. The molecule has 1 aromatic rings. The summed E-state index contributed by atoms with van der Waals surface area (Å²) in [7, 11) is -3.12. The predicted molar refractivity (Wildman–Crippen MR) is 79.7 cm³/mol. The predicted octanol–water partition coefficient (Wildman–Crippen LogP) is -3.23. The van der Waals surface area contributed by atoms with E-state index in [1.165, 1.54) is 15.5 Å². The average Bonchev–Trinajstić information content (AvgIpc) is 2.95. The Hall–Kier alpha value is -1.57. The number of anilines is 1. The van der Waals surface area contributed by atoms with Crippen molar-refractivity contribution in [2.24, 2.45) is 17.8 Å². The van der Waals surface area contributed by atoms with Crippen LogP contribution in [0.3, 0.4) is 0 Å². The quantitative estimate of drug-likeness (QED) is 0.206. The number of hydrogen-bond acceptors (Lipinski definition) is 9. The molecular weight excluding hydrogens is 361 g/mol. The molecule has 3 heterocycles. The Morgan fingerprint density at radius 3 is 2.76 bits per heavy atom. The fourth-order valence-electron chi connectivity index (χ4n) is 2.85. The Morgan fingerprint density at radius 1 is 1.44 bits per heavy atom. The van der Waals surface area contributed by atoms with Gasteiger partial charge in [-0.25, -0.2) is 14.4 Å². The van der Waals surface area contributed by atoms with Crippen molar-refractivity contribution in [1.29, 1.82) is 0 Å². The van der Waals surface area contributed by atoms with Crippen molar-refractivity contribution >= 4 is 19.6 Å². The Balaban J connectivity index is 1.86. The van der Waals surface area contributed by atoms with Gasteiger partial charge in [-0.15, -0.1) is 0 Å². The van der Waals surface area contributed by atoms with Crippen LogP contribution in [0.4, 0.5) is 5.82 Å². The van der Waals surface area contributed by atoms with Gasteiger partial charge in [0.25, 0.3) is 11.8 Å². The first-order valence-corrected chi connectivity index (χ1v) is 8.72. The van der Waals surface area contributed by atoms with E-state index in [0.717, 1.165) is 0 Å². The lowest BCUT2D eigenvalue weighted by molar-refractivity contribution is -0.753. The lowest BCUT2D eigenvalue weighted by atomic mass is 10.1. The second kappa shape index (κ2) is 6.30. The normalized spacial score (nSPS) is 32.2. The number of aryl methyl sites for hydroxylation is 1. The molecule has 1 saturated heterocycles. The van der Waals surface area contributed by atoms with Crippen LogP contribution in [0.25, 0.3) is 0 Å². The van der Waals surface area contributed by atoms with Crippen LogP contribution >= 0.6 is 7.82 Å². The third-order valence-corrected chi connectivity index (χ3v) is 4.43. The van der Waals surface area contributed by atoms with E-state index in [4.69, 9.17) is 20.3 Å². The molecule has 25 heavy (non-hydrogen) atoms. The fourth-order valence-corrected chi connectivity index (χ4v) is 3.19. The number of phosphoric acid groups is 1. The van der Waals surface area contributed by atoms with Crippen LogP contribution in [0.2, 0.25) is 0 Å². The summed E-state index contributed by atoms with van der Waals surface area (Å²) in [6.45, 7) is -0.617. The first-order chi connectivity index (χ1) is 11.6. The van der Waals surface area contributed by atoms with Gasteiger partial charge in [-0.2, -0.15) is 4.99 Å². The van der Waals surface area contributed by atoms with Gasteiger partial charge < -0.3 is 35.6 Å². The van der Waals surface area contributed by atoms with Gasteiger partial charge in [0.15, 0.2) is 6.33 Å². The highest BCUT2D eigenvalue weighted by Gasteiger charge is 2.48. The molecule has 3 rings (SSSR count). The monoisotopic (exact) mass is 380 g/mol. The first-order valence-electron chi connectivity index (χ1n) is 7.19. The average molecular weight is 380 g/mol. The second-order valence-electron chi connectivity index (χ2n) is 5.71. The third-order valence-electron chi connectivity index (χ3n) is 3.95. The van der Waals surface area contributed by atoms with Gasteiger partial charge in [0.05, 0.1) is 13.7 Å². The topological polar surface area (TPSA) is 196 Å². The number of nitrogens with zero attached hydrogens (tertiary/aromatic N) is 3. The van der Waals surface area contributed by atoms with Gasteiger partial charge in [0, 0.05) is 0 Å².